The lowest BCUT2D eigenvalue weighted by atomic mass is 9.96. The number of benzene rings is 2. The molecule has 0 radical (unpaired) electrons. The normalized spacial score (nSPS) is 11.3. The predicted molar refractivity (Wildman–Crippen MR) is 131 cm³/mol. The van der Waals surface area contributed by atoms with E-state index in [1.54, 1.807) is 0 Å². The Labute approximate surface area is 183 Å². The van der Waals surface area contributed by atoms with Crippen LogP contribution in [-0.2, 0) is 12.8 Å². The summed E-state index contributed by atoms with van der Waals surface area (Å²) in [6, 6.07) is 19.7. The van der Waals surface area contributed by atoms with Crippen LogP contribution in [-0.4, -0.2) is 4.98 Å². The van der Waals surface area contributed by atoms with Crippen molar-refractivity contribution in [2.45, 2.75) is 90.9 Å². The maximum absolute atomic E-state index is 4.93. The Morgan fingerprint density at radius 3 is 2.00 bits per heavy atom. The Bertz CT molecular complexity index is 896. The number of hydrogen-bond donors (Lipinski definition) is 0. The van der Waals surface area contributed by atoms with Crippen molar-refractivity contribution in [3.63, 3.8) is 0 Å². The van der Waals surface area contributed by atoms with Gasteiger partial charge in [-0.05, 0) is 48.6 Å². The minimum Gasteiger partial charge on any atom is -0.252 e. The number of para-hydroxylation sites is 1. The molecule has 3 rings (SSSR count). The van der Waals surface area contributed by atoms with Crippen LogP contribution in [0.3, 0.4) is 0 Å². The second-order valence-corrected chi connectivity index (χ2v) is 8.83. The van der Waals surface area contributed by atoms with Gasteiger partial charge < -0.3 is 0 Å². The molecule has 0 N–H and O–H groups in total. The molecule has 0 fully saturated rings. The third-order valence-electron chi connectivity index (χ3n) is 6.27. The Balaban J connectivity index is 1.47. The van der Waals surface area contributed by atoms with Crippen LogP contribution in [0.15, 0.2) is 54.6 Å². The molecule has 1 heteroatoms. The van der Waals surface area contributed by atoms with E-state index in [1.165, 1.54) is 98.4 Å². The summed E-state index contributed by atoms with van der Waals surface area (Å²) in [6.45, 7) is 4.49. The predicted octanol–water partition coefficient (Wildman–Crippen LogP) is 8.60. The lowest BCUT2D eigenvalue weighted by Crippen LogP contribution is -1.99. The zero-order valence-electron chi connectivity index (χ0n) is 19.1. The highest BCUT2D eigenvalue weighted by Crippen LogP contribution is 2.21. The molecule has 1 nitrogen and oxygen atoms in total. The molecule has 1 aromatic heterocycles. The summed E-state index contributed by atoms with van der Waals surface area (Å²) >= 11 is 0. The van der Waals surface area contributed by atoms with Crippen LogP contribution in [0, 0.1) is 6.92 Å². The molecule has 30 heavy (non-hydrogen) atoms. The van der Waals surface area contributed by atoms with E-state index in [-0.39, 0.29) is 0 Å². The Morgan fingerprint density at radius 1 is 0.667 bits per heavy atom. The first-order valence-corrected chi connectivity index (χ1v) is 12.2. The number of rotatable bonds is 13. The molecule has 1 heterocycles. The number of unbranched alkanes of at least 4 members (excludes halogenated alkanes) is 9. The third-order valence-corrected chi connectivity index (χ3v) is 6.27. The van der Waals surface area contributed by atoms with Crippen LogP contribution in [0.4, 0.5) is 0 Å². The average Bonchev–Trinajstić information content (AvgIpc) is 2.76. The second kappa shape index (κ2) is 12.5. The number of aromatic nitrogens is 1. The standard InChI is InChI=1S/C29H39N/c1-3-4-5-6-7-8-9-10-11-12-17-25-18-13-14-19-26(25)23-27-22-24(2)28-20-15-16-21-29(28)30-27/h13-16,18-22H,3-12,17,23H2,1-2H3. The summed E-state index contributed by atoms with van der Waals surface area (Å²) in [5.74, 6) is 0. The van der Waals surface area contributed by atoms with E-state index in [0.717, 1.165) is 11.9 Å². The molecule has 160 valence electrons. The Hall–Kier alpha value is -2.15. The molecule has 0 spiro atoms. The van der Waals surface area contributed by atoms with Crippen molar-refractivity contribution in [3.8, 4) is 0 Å². The van der Waals surface area contributed by atoms with Gasteiger partial charge in [-0.1, -0.05) is 107 Å². The highest BCUT2D eigenvalue weighted by atomic mass is 14.7. The van der Waals surface area contributed by atoms with Crippen LogP contribution in [0.25, 0.3) is 10.9 Å². The molecule has 0 saturated heterocycles. The zero-order chi connectivity index (χ0) is 21.0. The van der Waals surface area contributed by atoms with Gasteiger partial charge >= 0.3 is 0 Å². The van der Waals surface area contributed by atoms with Crippen molar-refractivity contribution < 1.29 is 0 Å². The monoisotopic (exact) mass is 401 g/mol. The summed E-state index contributed by atoms with van der Waals surface area (Å²) in [7, 11) is 0. The van der Waals surface area contributed by atoms with Crippen LogP contribution >= 0.6 is 0 Å². The van der Waals surface area contributed by atoms with Crippen LogP contribution < -0.4 is 0 Å². The van der Waals surface area contributed by atoms with Crippen molar-refractivity contribution in [1.29, 1.82) is 0 Å². The van der Waals surface area contributed by atoms with Gasteiger partial charge in [-0.3, -0.25) is 4.98 Å². The number of aryl methyl sites for hydroxylation is 2. The molecular weight excluding hydrogens is 362 g/mol. The zero-order valence-corrected chi connectivity index (χ0v) is 19.1. The van der Waals surface area contributed by atoms with Crippen LogP contribution in [0.2, 0.25) is 0 Å². The third kappa shape index (κ3) is 6.97. The van der Waals surface area contributed by atoms with E-state index in [9.17, 15) is 0 Å². The molecule has 0 saturated carbocycles. The van der Waals surface area contributed by atoms with Gasteiger partial charge in [-0.15, -0.1) is 0 Å². The minimum atomic E-state index is 0.930. The minimum absolute atomic E-state index is 0.930. The molecule has 0 amide bonds. The maximum atomic E-state index is 4.93. The highest BCUT2D eigenvalue weighted by Gasteiger charge is 2.07. The van der Waals surface area contributed by atoms with Crippen molar-refractivity contribution in [2.75, 3.05) is 0 Å². The molecule has 3 aromatic rings. The molecule has 0 bridgehead atoms. The van der Waals surface area contributed by atoms with E-state index < -0.39 is 0 Å². The topological polar surface area (TPSA) is 12.9 Å². The second-order valence-electron chi connectivity index (χ2n) is 8.83. The number of pyridine rings is 1. The van der Waals surface area contributed by atoms with E-state index in [4.69, 9.17) is 4.98 Å². The first-order chi connectivity index (χ1) is 14.8. The Kier molecular flexibility index (Phi) is 9.41. The quantitative estimate of drug-likeness (QED) is 0.261. The SMILES string of the molecule is CCCCCCCCCCCCc1ccccc1Cc1cc(C)c2ccccc2n1. The number of nitrogens with zero attached hydrogens (tertiary/aromatic N) is 1. The number of fused-ring (bicyclic) bond motifs is 1. The van der Waals surface area contributed by atoms with Gasteiger partial charge in [0.1, 0.15) is 0 Å². The largest absolute Gasteiger partial charge is 0.252 e. The van der Waals surface area contributed by atoms with E-state index in [2.05, 4.69) is 68.4 Å². The molecule has 0 unspecified atom stereocenters. The van der Waals surface area contributed by atoms with Crippen molar-refractivity contribution in [2.24, 2.45) is 0 Å². The van der Waals surface area contributed by atoms with Gasteiger partial charge in [-0.2, -0.15) is 0 Å². The van der Waals surface area contributed by atoms with Crippen molar-refractivity contribution in [3.05, 3.63) is 77.0 Å². The highest BCUT2D eigenvalue weighted by molar-refractivity contribution is 5.82. The summed E-state index contributed by atoms with van der Waals surface area (Å²) in [5, 5.41) is 1.26. The van der Waals surface area contributed by atoms with Crippen LogP contribution in [0.5, 0.6) is 0 Å². The first-order valence-electron chi connectivity index (χ1n) is 12.2. The lowest BCUT2D eigenvalue weighted by Gasteiger charge is -2.11. The van der Waals surface area contributed by atoms with Gasteiger partial charge in [-0.25, -0.2) is 0 Å². The van der Waals surface area contributed by atoms with Crippen molar-refractivity contribution in [1.82, 2.24) is 4.98 Å². The fourth-order valence-corrected chi connectivity index (χ4v) is 4.48. The fourth-order valence-electron chi connectivity index (χ4n) is 4.48. The summed E-state index contributed by atoms with van der Waals surface area (Å²) in [5.41, 5.74) is 6.56. The Morgan fingerprint density at radius 2 is 1.27 bits per heavy atom. The van der Waals surface area contributed by atoms with Gasteiger partial charge in [0.2, 0.25) is 0 Å². The van der Waals surface area contributed by atoms with Gasteiger partial charge in [0, 0.05) is 17.5 Å². The van der Waals surface area contributed by atoms with Crippen LogP contribution in [0.1, 0.15) is 93.5 Å². The van der Waals surface area contributed by atoms with E-state index in [1.807, 2.05) is 0 Å². The van der Waals surface area contributed by atoms with E-state index in [0.29, 0.717) is 0 Å². The van der Waals surface area contributed by atoms with Gasteiger partial charge in [0.25, 0.3) is 0 Å². The molecular formula is C29H39N. The lowest BCUT2D eigenvalue weighted by molar-refractivity contribution is 0.556. The smallest absolute Gasteiger partial charge is 0.0708 e. The summed E-state index contributed by atoms with van der Waals surface area (Å²) < 4.78 is 0. The summed E-state index contributed by atoms with van der Waals surface area (Å²) in [4.78, 5) is 4.93. The van der Waals surface area contributed by atoms with Crippen molar-refractivity contribution >= 4 is 10.9 Å². The fraction of sp³-hybridized carbons (Fsp3) is 0.483. The molecule has 0 aliphatic carbocycles. The van der Waals surface area contributed by atoms with Gasteiger partial charge in [0.15, 0.2) is 0 Å². The van der Waals surface area contributed by atoms with Gasteiger partial charge in [0.05, 0.1) is 5.52 Å². The first kappa shape index (κ1) is 22.5. The molecule has 2 aromatic carbocycles. The average molecular weight is 402 g/mol. The maximum Gasteiger partial charge on any atom is 0.0708 e. The molecule has 0 aliphatic heterocycles. The number of hydrogen-bond acceptors (Lipinski definition) is 1. The summed E-state index contributed by atoms with van der Waals surface area (Å²) in [6.07, 6.45) is 16.1. The van der Waals surface area contributed by atoms with E-state index >= 15 is 0 Å². The molecule has 0 aliphatic rings. The molecule has 0 atom stereocenters.